The Morgan fingerprint density at radius 2 is 1.53 bits per heavy atom. The number of fused-ring (bicyclic) bond motifs is 3. The van der Waals surface area contributed by atoms with Gasteiger partial charge in [-0.25, -0.2) is 11.0 Å². The molecule has 3 N–H and O–H groups in total. The lowest BCUT2D eigenvalue weighted by Crippen LogP contribution is -2.36. The standard InChI is InChI=1S/C26H32N2O6/c1-26(2,3)34-27-23(29)15-9-8-14-21(25(31)32)24(30)28-33-16-22-19-12-6-4-10-17(19)18-11-5-7-13-20(18)22/h4-7,10-13,21-22H,8-9,14-16H2,1-3H3,(H,27,29)(H,28,30)(H,31,32)/t21-/m1/s1. The molecular formula is C26H32N2O6. The first-order valence-electron chi connectivity index (χ1n) is 11.5. The lowest BCUT2D eigenvalue weighted by Gasteiger charge is -2.19. The Morgan fingerprint density at radius 3 is 2.09 bits per heavy atom. The van der Waals surface area contributed by atoms with Gasteiger partial charge in [-0.15, -0.1) is 0 Å². The number of benzene rings is 2. The molecule has 1 aliphatic rings. The van der Waals surface area contributed by atoms with Gasteiger partial charge in [0.25, 0.3) is 5.91 Å². The van der Waals surface area contributed by atoms with Crippen LogP contribution in [0.2, 0.25) is 0 Å². The van der Waals surface area contributed by atoms with E-state index >= 15 is 0 Å². The Morgan fingerprint density at radius 1 is 0.941 bits per heavy atom. The third kappa shape index (κ3) is 6.65. The summed E-state index contributed by atoms with van der Waals surface area (Å²) in [6, 6.07) is 16.1. The highest BCUT2D eigenvalue weighted by Gasteiger charge is 2.30. The summed E-state index contributed by atoms with van der Waals surface area (Å²) in [5, 5.41) is 9.48. The van der Waals surface area contributed by atoms with E-state index in [-0.39, 0.29) is 31.3 Å². The summed E-state index contributed by atoms with van der Waals surface area (Å²) < 4.78 is 0. The molecule has 1 aliphatic carbocycles. The summed E-state index contributed by atoms with van der Waals surface area (Å²) >= 11 is 0. The number of carboxylic acids is 1. The van der Waals surface area contributed by atoms with Crippen LogP contribution in [0.25, 0.3) is 11.1 Å². The van der Waals surface area contributed by atoms with Crippen molar-refractivity contribution in [3.63, 3.8) is 0 Å². The second-order valence-electron chi connectivity index (χ2n) is 9.38. The van der Waals surface area contributed by atoms with E-state index in [0.717, 1.165) is 22.3 Å². The number of carbonyl (C=O) groups excluding carboxylic acids is 2. The summed E-state index contributed by atoms with van der Waals surface area (Å²) in [7, 11) is 0. The molecule has 0 bridgehead atoms. The van der Waals surface area contributed by atoms with E-state index in [1.807, 2.05) is 57.2 Å². The fraction of sp³-hybridized carbons (Fsp3) is 0.423. The minimum absolute atomic E-state index is 0.0511. The molecule has 0 aliphatic heterocycles. The number of carboxylic acid groups (broad SMARTS) is 1. The molecule has 182 valence electrons. The third-order valence-corrected chi connectivity index (χ3v) is 5.62. The van der Waals surface area contributed by atoms with Crippen molar-refractivity contribution in [3.8, 4) is 11.1 Å². The van der Waals surface area contributed by atoms with Gasteiger partial charge in [-0.2, -0.15) is 0 Å². The van der Waals surface area contributed by atoms with Gasteiger partial charge in [0.2, 0.25) is 5.91 Å². The van der Waals surface area contributed by atoms with E-state index in [9.17, 15) is 19.5 Å². The zero-order chi connectivity index (χ0) is 24.7. The number of carbonyl (C=O) groups is 3. The predicted octanol–water partition coefficient (Wildman–Crippen LogP) is 3.95. The monoisotopic (exact) mass is 468 g/mol. The van der Waals surface area contributed by atoms with Gasteiger partial charge in [-0.05, 0) is 55.9 Å². The molecule has 3 rings (SSSR count). The highest BCUT2D eigenvalue weighted by molar-refractivity contribution is 5.96. The maximum absolute atomic E-state index is 12.5. The summed E-state index contributed by atoms with van der Waals surface area (Å²) in [6.07, 6.45) is 1.12. The molecule has 2 aromatic rings. The first-order valence-corrected chi connectivity index (χ1v) is 11.5. The van der Waals surface area contributed by atoms with Crippen molar-refractivity contribution in [2.45, 2.75) is 58.0 Å². The van der Waals surface area contributed by atoms with E-state index in [1.165, 1.54) is 0 Å². The van der Waals surface area contributed by atoms with Crippen LogP contribution in [0, 0.1) is 5.92 Å². The number of unbranched alkanes of at least 4 members (excludes halogenated alkanes) is 1. The van der Waals surface area contributed by atoms with Crippen LogP contribution in [0.5, 0.6) is 0 Å². The van der Waals surface area contributed by atoms with Gasteiger partial charge in [0.1, 0.15) is 5.92 Å². The molecule has 0 aromatic heterocycles. The lowest BCUT2D eigenvalue weighted by atomic mass is 9.98. The first kappa shape index (κ1) is 25.4. The molecular weight excluding hydrogens is 436 g/mol. The Labute approximate surface area is 199 Å². The second-order valence-corrected chi connectivity index (χ2v) is 9.38. The van der Waals surface area contributed by atoms with Crippen LogP contribution in [0.3, 0.4) is 0 Å². The SMILES string of the molecule is CC(C)(C)ONC(=O)CCCC[C@@H](C(=O)O)C(=O)NOCC1c2ccccc2-c2ccccc21. The number of hydrogen-bond donors (Lipinski definition) is 3. The third-order valence-electron chi connectivity index (χ3n) is 5.62. The molecule has 0 unspecified atom stereocenters. The van der Waals surface area contributed by atoms with Gasteiger partial charge in [0.05, 0.1) is 12.2 Å². The fourth-order valence-corrected chi connectivity index (χ4v) is 3.97. The van der Waals surface area contributed by atoms with Crippen LogP contribution in [0.15, 0.2) is 48.5 Å². The average Bonchev–Trinajstić information content (AvgIpc) is 3.11. The van der Waals surface area contributed by atoms with Gasteiger partial charge >= 0.3 is 5.97 Å². The predicted molar refractivity (Wildman–Crippen MR) is 126 cm³/mol. The average molecular weight is 469 g/mol. The van der Waals surface area contributed by atoms with E-state index < -0.39 is 23.4 Å². The smallest absolute Gasteiger partial charge is 0.316 e. The van der Waals surface area contributed by atoms with E-state index in [0.29, 0.717) is 12.8 Å². The van der Waals surface area contributed by atoms with E-state index in [1.54, 1.807) is 0 Å². The maximum Gasteiger partial charge on any atom is 0.316 e. The summed E-state index contributed by atoms with van der Waals surface area (Å²) in [6.45, 7) is 5.64. The van der Waals surface area contributed by atoms with Crippen LogP contribution in [-0.2, 0) is 24.1 Å². The van der Waals surface area contributed by atoms with Gasteiger partial charge in [0, 0.05) is 12.3 Å². The Kier molecular flexibility index (Phi) is 8.41. The second kappa shape index (κ2) is 11.3. The van der Waals surface area contributed by atoms with Crippen molar-refractivity contribution >= 4 is 17.8 Å². The Bertz CT molecular complexity index is 984. The molecule has 2 aromatic carbocycles. The number of aliphatic carboxylic acids is 1. The van der Waals surface area contributed by atoms with Crippen molar-refractivity contribution in [1.82, 2.24) is 11.0 Å². The maximum atomic E-state index is 12.5. The molecule has 8 heteroatoms. The lowest BCUT2D eigenvalue weighted by molar-refractivity contribution is -0.152. The highest BCUT2D eigenvalue weighted by Crippen LogP contribution is 2.44. The number of hydroxylamine groups is 2. The van der Waals surface area contributed by atoms with E-state index in [2.05, 4.69) is 23.1 Å². The van der Waals surface area contributed by atoms with Gasteiger partial charge in [-0.1, -0.05) is 55.0 Å². The largest absolute Gasteiger partial charge is 0.481 e. The van der Waals surface area contributed by atoms with Crippen molar-refractivity contribution < 1.29 is 29.2 Å². The van der Waals surface area contributed by atoms with Crippen LogP contribution in [0.1, 0.15) is 63.5 Å². The number of rotatable bonds is 11. The topological polar surface area (TPSA) is 114 Å². The van der Waals surface area contributed by atoms with Crippen molar-refractivity contribution in [1.29, 1.82) is 0 Å². The fourth-order valence-electron chi connectivity index (χ4n) is 3.97. The number of nitrogens with one attached hydrogen (secondary N) is 2. The molecule has 0 heterocycles. The van der Waals surface area contributed by atoms with Crippen LogP contribution >= 0.6 is 0 Å². The van der Waals surface area contributed by atoms with Gasteiger partial charge in [-0.3, -0.25) is 24.1 Å². The van der Waals surface area contributed by atoms with Crippen molar-refractivity contribution in [3.05, 3.63) is 59.7 Å². The molecule has 2 amide bonds. The number of hydrogen-bond acceptors (Lipinski definition) is 5. The molecule has 1 atom stereocenters. The number of amides is 2. The highest BCUT2D eigenvalue weighted by atomic mass is 16.7. The van der Waals surface area contributed by atoms with Crippen LogP contribution < -0.4 is 11.0 Å². The molecule has 0 spiro atoms. The summed E-state index contributed by atoms with van der Waals surface area (Å²) in [5.74, 6) is -3.51. The molecule has 0 saturated heterocycles. The molecule has 0 radical (unpaired) electrons. The molecule has 34 heavy (non-hydrogen) atoms. The van der Waals surface area contributed by atoms with Crippen LogP contribution in [-0.4, -0.2) is 35.1 Å². The summed E-state index contributed by atoms with van der Waals surface area (Å²) in [5.41, 5.74) is 8.70. The minimum Gasteiger partial charge on any atom is -0.481 e. The van der Waals surface area contributed by atoms with Gasteiger partial charge in [0.15, 0.2) is 0 Å². The Balaban J connectivity index is 1.47. The Hall–Kier alpha value is -3.23. The molecule has 0 saturated carbocycles. The zero-order valence-corrected chi connectivity index (χ0v) is 19.8. The van der Waals surface area contributed by atoms with E-state index in [4.69, 9.17) is 9.68 Å². The molecule has 0 fully saturated rings. The van der Waals surface area contributed by atoms with Crippen molar-refractivity contribution in [2.75, 3.05) is 6.61 Å². The first-order chi connectivity index (χ1) is 16.2. The zero-order valence-electron chi connectivity index (χ0n) is 19.8. The quantitative estimate of drug-likeness (QED) is 0.261. The normalized spacial score (nSPS) is 13.6. The van der Waals surface area contributed by atoms with Gasteiger partial charge < -0.3 is 5.11 Å². The van der Waals surface area contributed by atoms with Crippen molar-refractivity contribution in [2.24, 2.45) is 5.92 Å². The summed E-state index contributed by atoms with van der Waals surface area (Å²) in [4.78, 5) is 46.6. The minimum atomic E-state index is -1.25. The van der Waals surface area contributed by atoms with Crippen LogP contribution in [0.4, 0.5) is 0 Å². The molecule has 8 nitrogen and oxygen atoms in total.